The Hall–Kier alpha value is -0.830. The van der Waals surface area contributed by atoms with Crippen molar-refractivity contribution in [2.45, 2.75) is 45.3 Å². The summed E-state index contributed by atoms with van der Waals surface area (Å²) < 4.78 is 11.3. The van der Waals surface area contributed by atoms with Gasteiger partial charge >= 0.3 is 5.97 Å². The van der Waals surface area contributed by atoms with Crippen molar-refractivity contribution in [1.29, 1.82) is 0 Å². The van der Waals surface area contributed by atoms with Gasteiger partial charge in [0.05, 0.1) is 6.61 Å². The van der Waals surface area contributed by atoms with Crippen molar-refractivity contribution in [2.24, 2.45) is 22.7 Å². The first-order valence-electron chi connectivity index (χ1n) is 7.08. The standard InChI is InChI=1S/C15H20O3/c1-13(2)17-9-15(12(16)18-13)10-5-3-4-7-14(10)8-6-11(14)15/h6,8,10-11H,3-5,7,9H2,1-2H3/t10-,11?,14?,15?/m1/s1. The molecular weight excluding hydrogens is 228 g/mol. The second-order valence-electron chi connectivity index (χ2n) is 6.87. The van der Waals surface area contributed by atoms with E-state index in [-0.39, 0.29) is 11.4 Å². The lowest BCUT2D eigenvalue weighted by molar-refractivity contribution is -0.317. The highest BCUT2D eigenvalue weighted by Crippen LogP contribution is 2.75. The van der Waals surface area contributed by atoms with Crippen LogP contribution < -0.4 is 0 Å². The molecule has 18 heavy (non-hydrogen) atoms. The van der Waals surface area contributed by atoms with Crippen LogP contribution in [0.25, 0.3) is 0 Å². The number of cyclic esters (lactones) is 1. The Morgan fingerprint density at radius 3 is 2.83 bits per heavy atom. The Kier molecular flexibility index (Phi) is 1.84. The second kappa shape index (κ2) is 3.01. The molecule has 2 saturated carbocycles. The average Bonchev–Trinajstić information content (AvgIpc) is 2.30. The van der Waals surface area contributed by atoms with Crippen LogP contribution >= 0.6 is 0 Å². The van der Waals surface area contributed by atoms with E-state index in [1.807, 2.05) is 13.8 Å². The van der Waals surface area contributed by atoms with Crippen LogP contribution in [0.1, 0.15) is 39.5 Å². The number of esters is 1. The van der Waals surface area contributed by atoms with E-state index in [1.54, 1.807) is 0 Å². The Morgan fingerprint density at radius 2 is 2.17 bits per heavy atom. The van der Waals surface area contributed by atoms with Crippen molar-refractivity contribution in [3.05, 3.63) is 12.2 Å². The molecule has 2 spiro atoms. The smallest absolute Gasteiger partial charge is 0.317 e. The number of carbonyl (C=O) groups is 1. The van der Waals surface area contributed by atoms with Crippen LogP contribution in [-0.4, -0.2) is 18.4 Å². The van der Waals surface area contributed by atoms with Gasteiger partial charge in [0.2, 0.25) is 5.79 Å². The minimum atomic E-state index is -0.747. The maximum Gasteiger partial charge on any atom is 0.317 e. The summed E-state index contributed by atoms with van der Waals surface area (Å²) in [5.74, 6) is 0.0646. The molecule has 4 aliphatic rings. The molecule has 0 radical (unpaired) electrons. The fourth-order valence-corrected chi connectivity index (χ4v) is 4.90. The zero-order valence-corrected chi connectivity index (χ0v) is 11.1. The van der Waals surface area contributed by atoms with E-state index in [2.05, 4.69) is 12.2 Å². The van der Waals surface area contributed by atoms with Gasteiger partial charge in [0.1, 0.15) is 5.41 Å². The van der Waals surface area contributed by atoms with E-state index in [4.69, 9.17) is 9.47 Å². The summed E-state index contributed by atoms with van der Waals surface area (Å²) in [6.45, 7) is 4.18. The SMILES string of the molecule is CC1(C)OCC2(C(=O)O1)C1C=CC13CCCC[C@H]32. The third kappa shape index (κ3) is 1.00. The van der Waals surface area contributed by atoms with Crippen LogP contribution in [0.2, 0.25) is 0 Å². The Bertz CT molecular complexity index is 453. The molecule has 3 aliphatic carbocycles. The third-order valence-electron chi connectivity index (χ3n) is 5.73. The lowest BCUT2D eigenvalue weighted by atomic mass is 9.31. The fraction of sp³-hybridized carbons (Fsp3) is 0.800. The average molecular weight is 248 g/mol. The number of allylic oxidation sites excluding steroid dienone is 2. The van der Waals surface area contributed by atoms with Crippen LogP contribution in [-0.2, 0) is 14.3 Å². The lowest BCUT2D eigenvalue weighted by Gasteiger charge is -2.72. The molecule has 0 N–H and O–H groups in total. The molecule has 0 aromatic heterocycles. The topological polar surface area (TPSA) is 35.5 Å². The molecule has 0 amide bonds. The van der Waals surface area contributed by atoms with Crippen molar-refractivity contribution >= 4 is 5.97 Å². The van der Waals surface area contributed by atoms with E-state index in [9.17, 15) is 4.79 Å². The molecule has 4 atom stereocenters. The van der Waals surface area contributed by atoms with E-state index in [0.717, 1.165) is 6.42 Å². The fourth-order valence-electron chi connectivity index (χ4n) is 4.90. The molecule has 0 aromatic carbocycles. The van der Waals surface area contributed by atoms with Crippen LogP contribution in [0, 0.1) is 22.7 Å². The molecule has 3 fully saturated rings. The predicted molar refractivity (Wildman–Crippen MR) is 65.6 cm³/mol. The van der Waals surface area contributed by atoms with Crippen LogP contribution in [0.15, 0.2) is 12.2 Å². The summed E-state index contributed by atoms with van der Waals surface area (Å²) >= 11 is 0. The summed E-state index contributed by atoms with van der Waals surface area (Å²) in [6, 6.07) is 0. The van der Waals surface area contributed by atoms with Gasteiger partial charge in [-0.1, -0.05) is 25.0 Å². The van der Waals surface area contributed by atoms with E-state index >= 15 is 0 Å². The highest BCUT2D eigenvalue weighted by atomic mass is 16.7. The Labute approximate surface area is 108 Å². The Morgan fingerprint density at radius 1 is 1.33 bits per heavy atom. The summed E-state index contributed by atoms with van der Waals surface area (Å²) in [7, 11) is 0. The third-order valence-corrected chi connectivity index (χ3v) is 5.73. The van der Waals surface area contributed by atoms with Gasteiger partial charge in [0, 0.05) is 19.8 Å². The zero-order valence-electron chi connectivity index (χ0n) is 11.1. The number of fused-ring (bicyclic) bond motifs is 2. The van der Waals surface area contributed by atoms with Crippen molar-refractivity contribution in [2.75, 3.05) is 6.61 Å². The van der Waals surface area contributed by atoms with Crippen molar-refractivity contribution < 1.29 is 14.3 Å². The summed E-state index contributed by atoms with van der Waals surface area (Å²) in [4.78, 5) is 12.5. The monoisotopic (exact) mass is 248 g/mol. The minimum absolute atomic E-state index is 0.0179. The molecule has 0 aromatic rings. The van der Waals surface area contributed by atoms with Gasteiger partial charge in [-0.15, -0.1) is 0 Å². The van der Waals surface area contributed by atoms with Crippen molar-refractivity contribution in [3.63, 3.8) is 0 Å². The number of carbonyl (C=O) groups excluding carboxylic acids is 1. The molecule has 3 nitrogen and oxygen atoms in total. The molecule has 98 valence electrons. The van der Waals surface area contributed by atoms with Gasteiger partial charge in [-0.25, -0.2) is 0 Å². The lowest BCUT2D eigenvalue weighted by Crippen LogP contribution is -2.74. The quantitative estimate of drug-likeness (QED) is 0.488. The largest absolute Gasteiger partial charge is 0.433 e. The maximum atomic E-state index is 12.5. The first-order valence-corrected chi connectivity index (χ1v) is 7.08. The Balaban J connectivity index is 1.70. The normalized spacial score (nSPS) is 51.8. The van der Waals surface area contributed by atoms with Crippen LogP contribution in [0.4, 0.5) is 0 Å². The molecule has 1 heterocycles. The first-order chi connectivity index (χ1) is 8.51. The van der Waals surface area contributed by atoms with Gasteiger partial charge in [-0.2, -0.15) is 0 Å². The number of hydrogen-bond donors (Lipinski definition) is 0. The van der Waals surface area contributed by atoms with E-state index < -0.39 is 5.79 Å². The summed E-state index contributed by atoms with van der Waals surface area (Å²) in [5, 5.41) is 0. The summed E-state index contributed by atoms with van der Waals surface area (Å²) in [5.41, 5.74) is -0.0349. The van der Waals surface area contributed by atoms with Gasteiger partial charge in [0.15, 0.2) is 0 Å². The molecule has 3 unspecified atom stereocenters. The van der Waals surface area contributed by atoms with E-state index in [0.29, 0.717) is 23.9 Å². The molecule has 3 heteroatoms. The molecule has 1 saturated heterocycles. The summed E-state index contributed by atoms with van der Waals surface area (Å²) in [6.07, 6.45) is 9.50. The zero-order chi connectivity index (χ0) is 12.6. The molecule has 1 aliphatic heterocycles. The van der Waals surface area contributed by atoms with Crippen molar-refractivity contribution in [1.82, 2.24) is 0 Å². The highest BCUT2D eigenvalue weighted by molar-refractivity contribution is 5.82. The molecule has 4 rings (SSSR count). The number of ether oxygens (including phenoxy) is 2. The van der Waals surface area contributed by atoms with Gasteiger partial charge < -0.3 is 9.47 Å². The van der Waals surface area contributed by atoms with Crippen LogP contribution in [0.3, 0.4) is 0 Å². The van der Waals surface area contributed by atoms with Gasteiger partial charge in [0.25, 0.3) is 0 Å². The van der Waals surface area contributed by atoms with Gasteiger partial charge in [-0.3, -0.25) is 4.79 Å². The number of hydrogen-bond acceptors (Lipinski definition) is 3. The van der Waals surface area contributed by atoms with Crippen LogP contribution in [0.5, 0.6) is 0 Å². The number of rotatable bonds is 0. The minimum Gasteiger partial charge on any atom is -0.433 e. The highest BCUT2D eigenvalue weighted by Gasteiger charge is 2.77. The first kappa shape index (κ1) is 11.0. The maximum absolute atomic E-state index is 12.5. The second-order valence-corrected chi connectivity index (χ2v) is 6.87. The molecular formula is C15H20O3. The van der Waals surface area contributed by atoms with E-state index in [1.165, 1.54) is 19.3 Å². The molecule has 0 bridgehead atoms. The van der Waals surface area contributed by atoms with Gasteiger partial charge in [-0.05, 0) is 24.2 Å². The van der Waals surface area contributed by atoms with Crippen molar-refractivity contribution in [3.8, 4) is 0 Å². The predicted octanol–water partition coefficient (Wildman–Crippen LogP) is 2.66.